The van der Waals surface area contributed by atoms with E-state index >= 15 is 0 Å². The van der Waals surface area contributed by atoms with Gasteiger partial charge in [-0.05, 0) is 13.3 Å². The molecule has 1 atom stereocenters. The molecule has 0 aliphatic carbocycles. The summed E-state index contributed by atoms with van der Waals surface area (Å²) < 4.78 is 0. The third kappa shape index (κ3) is 1.79. The van der Waals surface area contributed by atoms with E-state index in [1.54, 1.807) is 6.92 Å². The minimum Gasteiger partial charge on any atom is -0.395 e. The van der Waals surface area contributed by atoms with E-state index in [1.165, 1.54) is 6.92 Å². The maximum absolute atomic E-state index is 10.8. The molecule has 0 aliphatic heterocycles. The number of ketones is 1. The number of Topliss-reactive ketones (excluding diaryl/α,β-unsaturated/α-hetero) is 1. The van der Waals surface area contributed by atoms with Gasteiger partial charge < -0.3 is 5.11 Å². The van der Waals surface area contributed by atoms with Gasteiger partial charge in [-0.1, -0.05) is 13.8 Å². The van der Waals surface area contributed by atoms with E-state index in [-0.39, 0.29) is 12.4 Å². The Morgan fingerprint density at radius 1 is 1.67 bits per heavy atom. The van der Waals surface area contributed by atoms with Crippen LogP contribution in [0.5, 0.6) is 0 Å². The van der Waals surface area contributed by atoms with Gasteiger partial charge in [-0.2, -0.15) is 0 Å². The first kappa shape index (κ1) is 8.63. The molecule has 0 spiro atoms. The molecule has 0 heterocycles. The lowest BCUT2D eigenvalue weighted by atomic mass is 9.85. The van der Waals surface area contributed by atoms with E-state index in [4.69, 9.17) is 5.11 Å². The molecular weight excluding hydrogens is 116 g/mol. The summed E-state index contributed by atoms with van der Waals surface area (Å²) >= 11 is 0. The van der Waals surface area contributed by atoms with E-state index < -0.39 is 5.41 Å². The Morgan fingerprint density at radius 2 is 2.11 bits per heavy atom. The van der Waals surface area contributed by atoms with E-state index in [9.17, 15) is 4.79 Å². The van der Waals surface area contributed by atoms with Crippen LogP contribution in [0.4, 0.5) is 0 Å². The van der Waals surface area contributed by atoms with Crippen molar-refractivity contribution < 1.29 is 9.90 Å². The largest absolute Gasteiger partial charge is 0.395 e. The molecule has 0 aromatic heterocycles. The molecule has 0 radical (unpaired) electrons. The van der Waals surface area contributed by atoms with Crippen LogP contribution in [0.3, 0.4) is 0 Å². The molecule has 0 aliphatic rings. The van der Waals surface area contributed by atoms with Crippen molar-refractivity contribution in [1.29, 1.82) is 0 Å². The predicted molar refractivity (Wildman–Crippen MR) is 36.2 cm³/mol. The summed E-state index contributed by atoms with van der Waals surface area (Å²) in [6.07, 6.45) is 0.707. The van der Waals surface area contributed by atoms with Crippen molar-refractivity contribution in [1.82, 2.24) is 0 Å². The van der Waals surface area contributed by atoms with Gasteiger partial charge in [0.2, 0.25) is 0 Å². The van der Waals surface area contributed by atoms with Crippen LogP contribution in [-0.4, -0.2) is 17.5 Å². The van der Waals surface area contributed by atoms with E-state index in [2.05, 4.69) is 0 Å². The molecule has 0 aromatic rings. The van der Waals surface area contributed by atoms with Gasteiger partial charge in [0.15, 0.2) is 0 Å². The first-order valence-electron chi connectivity index (χ1n) is 3.18. The number of hydrogen-bond acceptors (Lipinski definition) is 2. The quantitative estimate of drug-likeness (QED) is 0.618. The number of hydrogen-bond donors (Lipinski definition) is 1. The molecule has 1 unspecified atom stereocenters. The van der Waals surface area contributed by atoms with Crippen LogP contribution in [-0.2, 0) is 4.79 Å². The van der Waals surface area contributed by atoms with Crippen molar-refractivity contribution >= 4 is 5.78 Å². The number of rotatable bonds is 3. The maximum atomic E-state index is 10.8. The number of aliphatic hydroxyl groups excluding tert-OH is 1. The zero-order valence-corrected chi connectivity index (χ0v) is 6.27. The SMILES string of the molecule is CCC(C)(CO)C(C)=O. The van der Waals surface area contributed by atoms with Gasteiger partial charge in [0.05, 0.1) is 6.61 Å². The number of carbonyl (C=O) groups excluding carboxylic acids is 1. The molecule has 2 nitrogen and oxygen atoms in total. The smallest absolute Gasteiger partial charge is 0.137 e. The first-order chi connectivity index (χ1) is 4.06. The van der Waals surface area contributed by atoms with Crippen LogP contribution in [0.15, 0.2) is 0 Å². The predicted octanol–water partition coefficient (Wildman–Crippen LogP) is 0.984. The van der Waals surface area contributed by atoms with Crippen LogP contribution in [0.2, 0.25) is 0 Å². The van der Waals surface area contributed by atoms with E-state index in [0.29, 0.717) is 6.42 Å². The second kappa shape index (κ2) is 2.97. The van der Waals surface area contributed by atoms with Crippen molar-refractivity contribution in [3.05, 3.63) is 0 Å². The third-order valence-corrected chi connectivity index (χ3v) is 1.98. The third-order valence-electron chi connectivity index (χ3n) is 1.98. The molecule has 0 saturated heterocycles. The van der Waals surface area contributed by atoms with E-state index in [0.717, 1.165) is 0 Å². The molecule has 0 aromatic carbocycles. The fourth-order valence-corrected chi connectivity index (χ4v) is 0.472. The van der Waals surface area contributed by atoms with Crippen LogP contribution < -0.4 is 0 Å². The number of carbonyl (C=O) groups is 1. The normalized spacial score (nSPS) is 16.9. The molecule has 54 valence electrons. The van der Waals surface area contributed by atoms with Gasteiger partial charge in [0.1, 0.15) is 5.78 Å². The van der Waals surface area contributed by atoms with Crippen LogP contribution in [0, 0.1) is 5.41 Å². The summed E-state index contributed by atoms with van der Waals surface area (Å²) in [4.78, 5) is 10.8. The second-order valence-electron chi connectivity index (χ2n) is 2.63. The maximum Gasteiger partial charge on any atom is 0.137 e. The second-order valence-corrected chi connectivity index (χ2v) is 2.63. The lowest BCUT2D eigenvalue weighted by molar-refractivity contribution is -0.127. The Morgan fingerprint density at radius 3 is 2.11 bits per heavy atom. The van der Waals surface area contributed by atoms with Gasteiger partial charge in [-0.3, -0.25) is 4.79 Å². The fraction of sp³-hybridized carbons (Fsp3) is 0.857. The molecular formula is C7H14O2. The zero-order valence-electron chi connectivity index (χ0n) is 6.27. The lowest BCUT2D eigenvalue weighted by Gasteiger charge is -2.20. The summed E-state index contributed by atoms with van der Waals surface area (Å²) in [5.41, 5.74) is -0.500. The standard InChI is InChI=1S/C7H14O2/c1-4-7(3,5-8)6(2)9/h8H,4-5H2,1-3H3. The number of aliphatic hydroxyl groups is 1. The Balaban J connectivity index is 4.09. The molecule has 0 amide bonds. The van der Waals surface area contributed by atoms with Gasteiger partial charge in [-0.15, -0.1) is 0 Å². The van der Waals surface area contributed by atoms with Gasteiger partial charge >= 0.3 is 0 Å². The fourth-order valence-electron chi connectivity index (χ4n) is 0.472. The van der Waals surface area contributed by atoms with E-state index in [1.807, 2.05) is 6.92 Å². The lowest BCUT2D eigenvalue weighted by Crippen LogP contribution is -2.28. The zero-order chi connectivity index (χ0) is 7.49. The Kier molecular flexibility index (Phi) is 2.85. The van der Waals surface area contributed by atoms with Gasteiger partial charge in [-0.25, -0.2) is 0 Å². The van der Waals surface area contributed by atoms with Crippen molar-refractivity contribution in [3.8, 4) is 0 Å². The van der Waals surface area contributed by atoms with Crippen molar-refractivity contribution in [2.24, 2.45) is 5.41 Å². The summed E-state index contributed by atoms with van der Waals surface area (Å²) in [7, 11) is 0. The highest BCUT2D eigenvalue weighted by atomic mass is 16.3. The molecule has 0 bridgehead atoms. The highest BCUT2D eigenvalue weighted by Gasteiger charge is 2.25. The monoisotopic (exact) mass is 130 g/mol. The molecule has 2 heteroatoms. The topological polar surface area (TPSA) is 37.3 Å². The summed E-state index contributed by atoms with van der Waals surface area (Å²) in [5, 5.41) is 8.73. The summed E-state index contributed by atoms with van der Waals surface area (Å²) in [6, 6.07) is 0. The minimum atomic E-state index is -0.500. The summed E-state index contributed by atoms with van der Waals surface area (Å²) in [5.74, 6) is 0.0625. The molecule has 0 saturated carbocycles. The highest BCUT2D eigenvalue weighted by Crippen LogP contribution is 2.20. The molecule has 9 heavy (non-hydrogen) atoms. The Bertz CT molecular complexity index is 103. The molecule has 0 fully saturated rings. The first-order valence-corrected chi connectivity index (χ1v) is 3.18. The van der Waals surface area contributed by atoms with Crippen molar-refractivity contribution in [2.45, 2.75) is 27.2 Å². The average Bonchev–Trinajstić information content (AvgIpc) is 1.86. The summed E-state index contributed by atoms with van der Waals surface area (Å²) in [6.45, 7) is 5.14. The Hall–Kier alpha value is -0.370. The van der Waals surface area contributed by atoms with Crippen molar-refractivity contribution in [2.75, 3.05) is 6.61 Å². The van der Waals surface area contributed by atoms with Crippen LogP contribution >= 0.6 is 0 Å². The van der Waals surface area contributed by atoms with Gasteiger partial charge in [0.25, 0.3) is 0 Å². The average molecular weight is 130 g/mol. The molecule has 1 N–H and O–H groups in total. The highest BCUT2D eigenvalue weighted by molar-refractivity contribution is 5.81. The van der Waals surface area contributed by atoms with Crippen LogP contribution in [0.25, 0.3) is 0 Å². The molecule has 0 rings (SSSR count). The van der Waals surface area contributed by atoms with Crippen LogP contribution in [0.1, 0.15) is 27.2 Å². The Labute approximate surface area is 55.9 Å². The minimum absolute atomic E-state index is 0.0428. The van der Waals surface area contributed by atoms with Gasteiger partial charge in [0, 0.05) is 5.41 Å². The van der Waals surface area contributed by atoms with Crippen molar-refractivity contribution in [3.63, 3.8) is 0 Å².